The first-order chi connectivity index (χ1) is 14.3. The standard InChI is InChI=1S/C29H50N2/c1-18(30-8)19-10-13-29-20-16-21-25(5,6)22(31(9)24(2,3)4)11-12-27(21)17-28(27,23(20)29)15-14-26(19,29)7/h18-23,30H,10-17H2,1-9H3/t18-,19?,20?,21-,22-,23+,26+,27?,28?,29+/m0/s1. The number of nitrogens with zero attached hydrogens (tertiary/aromatic N) is 1. The van der Waals surface area contributed by atoms with Gasteiger partial charge in [-0.3, -0.25) is 4.90 Å². The Hall–Kier alpha value is -0.0800. The first kappa shape index (κ1) is 21.5. The number of nitrogens with one attached hydrogen (secondary N) is 1. The van der Waals surface area contributed by atoms with Crippen molar-refractivity contribution in [2.45, 2.75) is 117 Å². The summed E-state index contributed by atoms with van der Waals surface area (Å²) in [6.07, 6.45) is 12.2. The summed E-state index contributed by atoms with van der Waals surface area (Å²) >= 11 is 0. The molecular formula is C29H50N2. The smallest absolute Gasteiger partial charge is 0.0152 e. The maximum atomic E-state index is 3.67. The van der Waals surface area contributed by atoms with E-state index >= 15 is 0 Å². The van der Waals surface area contributed by atoms with Crippen molar-refractivity contribution < 1.29 is 0 Å². The molecule has 0 aromatic heterocycles. The van der Waals surface area contributed by atoms with Crippen molar-refractivity contribution in [3.63, 3.8) is 0 Å². The van der Waals surface area contributed by atoms with Gasteiger partial charge in [0, 0.05) is 17.6 Å². The van der Waals surface area contributed by atoms with Crippen LogP contribution >= 0.6 is 0 Å². The van der Waals surface area contributed by atoms with Crippen LogP contribution in [-0.2, 0) is 0 Å². The van der Waals surface area contributed by atoms with Gasteiger partial charge in [0.15, 0.2) is 0 Å². The van der Waals surface area contributed by atoms with Crippen molar-refractivity contribution >= 4 is 0 Å². The maximum Gasteiger partial charge on any atom is 0.0152 e. The van der Waals surface area contributed by atoms with E-state index in [4.69, 9.17) is 0 Å². The average Bonchev–Trinajstić information content (AvgIpc) is 3.50. The number of hydrogen-bond donors (Lipinski definition) is 1. The lowest BCUT2D eigenvalue weighted by atomic mass is 9.52. The van der Waals surface area contributed by atoms with Gasteiger partial charge >= 0.3 is 0 Å². The first-order valence-corrected chi connectivity index (χ1v) is 13.7. The van der Waals surface area contributed by atoms with Gasteiger partial charge in [-0.15, -0.1) is 0 Å². The van der Waals surface area contributed by atoms with E-state index in [1.807, 2.05) is 0 Å². The zero-order chi connectivity index (χ0) is 22.4. The SMILES string of the molecule is CN[C@@H](C)C1CC[C@]23C4C[C@H]5C(C)(C)[C@@H](N(C)C(C)(C)C)CCC56CC6(CC[C@]12C)[C@@H]43. The van der Waals surface area contributed by atoms with E-state index in [0.717, 1.165) is 35.1 Å². The van der Waals surface area contributed by atoms with E-state index in [9.17, 15) is 0 Å². The van der Waals surface area contributed by atoms with E-state index in [0.29, 0.717) is 27.7 Å². The fourth-order valence-electron chi connectivity index (χ4n) is 12.2. The van der Waals surface area contributed by atoms with E-state index in [2.05, 4.69) is 72.8 Å². The van der Waals surface area contributed by atoms with Gasteiger partial charge < -0.3 is 5.32 Å². The fraction of sp³-hybridized carbons (Fsp3) is 1.00. The molecule has 0 radical (unpaired) electrons. The van der Waals surface area contributed by atoms with Crippen molar-refractivity contribution in [3.05, 3.63) is 0 Å². The van der Waals surface area contributed by atoms with Crippen LogP contribution in [0.2, 0.25) is 0 Å². The summed E-state index contributed by atoms with van der Waals surface area (Å²) in [5.74, 6) is 3.99. The third-order valence-corrected chi connectivity index (χ3v) is 13.8. The van der Waals surface area contributed by atoms with Crippen LogP contribution in [0.4, 0.5) is 0 Å². The lowest BCUT2D eigenvalue weighted by molar-refractivity contribution is -0.0894. The maximum absolute atomic E-state index is 3.67. The number of hydrogen-bond acceptors (Lipinski definition) is 2. The molecule has 0 aromatic carbocycles. The van der Waals surface area contributed by atoms with Crippen LogP contribution in [0.5, 0.6) is 0 Å². The summed E-state index contributed by atoms with van der Waals surface area (Å²) < 4.78 is 0. The predicted octanol–water partition coefficient (Wildman–Crippen LogP) is 6.35. The molecular weight excluding hydrogens is 376 g/mol. The molecule has 0 bridgehead atoms. The van der Waals surface area contributed by atoms with Crippen molar-refractivity contribution in [1.82, 2.24) is 10.2 Å². The minimum atomic E-state index is 0.263. The summed E-state index contributed by atoms with van der Waals surface area (Å²) in [5.41, 5.74) is 3.47. The molecule has 0 heterocycles. The van der Waals surface area contributed by atoms with Crippen molar-refractivity contribution in [3.8, 4) is 0 Å². The molecule has 6 aliphatic carbocycles. The minimum Gasteiger partial charge on any atom is -0.317 e. The minimum absolute atomic E-state index is 0.263. The Morgan fingerprint density at radius 1 is 0.968 bits per heavy atom. The van der Waals surface area contributed by atoms with Crippen LogP contribution in [0.15, 0.2) is 0 Å². The molecule has 6 saturated carbocycles. The molecule has 0 amide bonds. The van der Waals surface area contributed by atoms with Crippen LogP contribution in [0, 0.1) is 50.7 Å². The lowest BCUT2D eigenvalue weighted by Gasteiger charge is -2.58. The molecule has 0 saturated heterocycles. The van der Waals surface area contributed by atoms with Crippen molar-refractivity contribution in [2.75, 3.05) is 14.1 Å². The largest absolute Gasteiger partial charge is 0.317 e. The van der Waals surface area contributed by atoms with E-state index in [-0.39, 0.29) is 5.54 Å². The summed E-state index contributed by atoms with van der Waals surface area (Å²) in [5, 5.41) is 3.67. The molecule has 4 unspecified atom stereocenters. The van der Waals surface area contributed by atoms with Crippen LogP contribution < -0.4 is 5.32 Å². The molecule has 0 aromatic rings. The number of rotatable bonds is 3. The van der Waals surface area contributed by atoms with Gasteiger partial charge in [0.1, 0.15) is 0 Å². The quantitative estimate of drug-likeness (QED) is 0.565. The van der Waals surface area contributed by atoms with Gasteiger partial charge in [-0.05, 0) is 144 Å². The molecule has 1 N–H and O–H groups in total. The van der Waals surface area contributed by atoms with Gasteiger partial charge in [0.2, 0.25) is 0 Å². The van der Waals surface area contributed by atoms with Gasteiger partial charge in [0.25, 0.3) is 0 Å². The zero-order valence-corrected chi connectivity index (χ0v) is 22.1. The Labute approximate surface area is 192 Å². The predicted molar refractivity (Wildman–Crippen MR) is 130 cm³/mol. The lowest BCUT2D eigenvalue weighted by Crippen LogP contribution is -2.59. The fourth-order valence-corrected chi connectivity index (χ4v) is 12.2. The molecule has 6 fully saturated rings. The summed E-state index contributed by atoms with van der Waals surface area (Å²) in [4.78, 5) is 2.75. The van der Waals surface area contributed by atoms with Crippen LogP contribution in [0.25, 0.3) is 0 Å². The molecule has 3 spiro atoms. The van der Waals surface area contributed by atoms with Crippen molar-refractivity contribution in [2.24, 2.45) is 50.7 Å². The highest BCUT2D eigenvalue weighted by Gasteiger charge is 2.93. The second kappa shape index (κ2) is 5.76. The van der Waals surface area contributed by atoms with E-state index < -0.39 is 0 Å². The molecule has 176 valence electrons. The Morgan fingerprint density at radius 3 is 2.32 bits per heavy atom. The summed E-state index contributed by atoms with van der Waals surface area (Å²) in [6.45, 7) is 17.8. The van der Waals surface area contributed by atoms with Crippen LogP contribution in [0.3, 0.4) is 0 Å². The molecule has 6 aliphatic rings. The Morgan fingerprint density at radius 2 is 1.68 bits per heavy atom. The average molecular weight is 427 g/mol. The third kappa shape index (κ3) is 2.12. The monoisotopic (exact) mass is 426 g/mol. The molecule has 10 atom stereocenters. The molecule has 0 aliphatic heterocycles. The van der Waals surface area contributed by atoms with Crippen molar-refractivity contribution in [1.29, 1.82) is 0 Å². The second-order valence-corrected chi connectivity index (χ2v) is 15.2. The van der Waals surface area contributed by atoms with Gasteiger partial charge in [-0.1, -0.05) is 20.8 Å². The highest BCUT2D eigenvalue weighted by atomic mass is 15.2. The highest BCUT2D eigenvalue weighted by molar-refractivity contribution is 5.41. The summed E-state index contributed by atoms with van der Waals surface area (Å²) in [6, 6.07) is 1.42. The third-order valence-electron chi connectivity index (χ3n) is 13.8. The molecule has 6 rings (SSSR count). The van der Waals surface area contributed by atoms with E-state index in [1.54, 1.807) is 25.7 Å². The second-order valence-electron chi connectivity index (χ2n) is 15.2. The first-order valence-electron chi connectivity index (χ1n) is 13.7. The normalized spacial score (nSPS) is 56.9. The van der Waals surface area contributed by atoms with Gasteiger partial charge in [-0.25, -0.2) is 0 Å². The van der Waals surface area contributed by atoms with E-state index in [1.165, 1.54) is 25.7 Å². The topological polar surface area (TPSA) is 15.3 Å². The Kier molecular flexibility index (Phi) is 3.99. The molecule has 2 heteroatoms. The van der Waals surface area contributed by atoms with Gasteiger partial charge in [0.05, 0.1) is 0 Å². The molecule has 31 heavy (non-hydrogen) atoms. The van der Waals surface area contributed by atoms with Crippen LogP contribution in [0.1, 0.15) is 99.8 Å². The highest BCUT2D eigenvalue weighted by Crippen LogP contribution is 2.98. The molecule has 2 nitrogen and oxygen atoms in total. The van der Waals surface area contributed by atoms with Gasteiger partial charge in [-0.2, -0.15) is 0 Å². The summed E-state index contributed by atoms with van der Waals surface area (Å²) in [7, 11) is 4.62. The Bertz CT molecular complexity index is 795. The Balaban J connectivity index is 1.37. The zero-order valence-electron chi connectivity index (χ0n) is 22.1. The van der Waals surface area contributed by atoms with Crippen LogP contribution in [-0.4, -0.2) is 36.6 Å².